The highest BCUT2D eigenvalue weighted by atomic mass is 32.1. The van der Waals surface area contributed by atoms with Crippen LogP contribution in [0.3, 0.4) is 0 Å². The van der Waals surface area contributed by atoms with E-state index in [1.807, 2.05) is 54.6 Å². The number of aromatic nitrogens is 1. The molecule has 1 aromatic heterocycles. The number of hydrogen-bond acceptors (Lipinski definition) is 7. The van der Waals surface area contributed by atoms with Crippen LogP contribution in [-0.4, -0.2) is 24.3 Å². The molecular formula is C35H29FN2O5S. The third kappa shape index (κ3) is 5.31. The average molecular weight is 609 g/mol. The van der Waals surface area contributed by atoms with Crippen LogP contribution in [-0.2, 0) is 16.1 Å². The van der Waals surface area contributed by atoms with E-state index in [1.54, 1.807) is 55.9 Å². The van der Waals surface area contributed by atoms with E-state index >= 15 is 0 Å². The van der Waals surface area contributed by atoms with Crippen LogP contribution in [0, 0.1) is 5.82 Å². The Kier molecular flexibility index (Phi) is 8.13. The van der Waals surface area contributed by atoms with E-state index in [1.165, 1.54) is 17.4 Å². The number of fused-ring (bicyclic) bond motifs is 2. The fraction of sp³-hybridized carbons (Fsp3) is 0.171. The molecule has 1 unspecified atom stereocenters. The molecule has 0 bridgehead atoms. The summed E-state index contributed by atoms with van der Waals surface area (Å²) < 4.78 is 33.4. The molecular weight excluding hydrogens is 579 g/mol. The molecule has 7 nitrogen and oxygen atoms in total. The molecule has 0 saturated carbocycles. The van der Waals surface area contributed by atoms with E-state index in [0.29, 0.717) is 43.2 Å². The van der Waals surface area contributed by atoms with Crippen LogP contribution in [0.15, 0.2) is 106 Å². The maximum absolute atomic E-state index is 14.3. The second kappa shape index (κ2) is 12.3. The second-order valence-corrected chi connectivity index (χ2v) is 11.1. The molecule has 0 radical (unpaired) electrons. The Balaban J connectivity index is 1.53. The number of ether oxygens (including phenoxy) is 3. The minimum atomic E-state index is -0.846. The first kappa shape index (κ1) is 29.1. The van der Waals surface area contributed by atoms with Crippen molar-refractivity contribution >= 4 is 34.2 Å². The molecule has 5 aromatic rings. The topological polar surface area (TPSA) is 79.1 Å². The van der Waals surface area contributed by atoms with Gasteiger partial charge in [0.25, 0.3) is 5.56 Å². The molecule has 222 valence electrons. The van der Waals surface area contributed by atoms with Crippen molar-refractivity contribution < 1.29 is 23.4 Å². The first-order valence-corrected chi connectivity index (χ1v) is 14.9. The van der Waals surface area contributed by atoms with Crippen molar-refractivity contribution in [3.8, 4) is 11.5 Å². The molecule has 0 N–H and O–H groups in total. The van der Waals surface area contributed by atoms with Crippen molar-refractivity contribution in [2.45, 2.75) is 26.5 Å². The molecule has 1 aliphatic heterocycles. The number of carbonyl (C=O) groups is 1. The van der Waals surface area contributed by atoms with Gasteiger partial charge in [0, 0.05) is 16.7 Å². The number of halogens is 1. The molecule has 0 fully saturated rings. The maximum atomic E-state index is 14.3. The lowest BCUT2D eigenvalue weighted by atomic mass is 9.90. The summed E-state index contributed by atoms with van der Waals surface area (Å²) in [5.41, 5.74) is 2.15. The first-order valence-electron chi connectivity index (χ1n) is 14.1. The summed E-state index contributed by atoms with van der Waals surface area (Å²) in [6.45, 7) is 3.69. The summed E-state index contributed by atoms with van der Waals surface area (Å²) in [7, 11) is 1.57. The zero-order valence-electron chi connectivity index (χ0n) is 24.4. The van der Waals surface area contributed by atoms with Crippen molar-refractivity contribution in [1.29, 1.82) is 0 Å². The number of nitrogens with zero attached hydrogens (tertiary/aromatic N) is 2. The van der Waals surface area contributed by atoms with E-state index in [4.69, 9.17) is 19.2 Å². The Labute approximate surface area is 256 Å². The van der Waals surface area contributed by atoms with Crippen molar-refractivity contribution in [3.05, 3.63) is 138 Å². The molecule has 0 saturated heterocycles. The average Bonchev–Trinajstić information content (AvgIpc) is 3.33. The zero-order chi connectivity index (χ0) is 30.8. The molecule has 9 heteroatoms. The van der Waals surface area contributed by atoms with E-state index in [-0.39, 0.29) is 30.2 Å². The van der Waals surface area contributed by atoms with Gasteiger partial charge in [-0.1, -0.05) is 78.1 Å². The number of carbonyl (C=O) groups excluding carboxylic acids is 1. The fourth-order valence-electron chi connectivity index (χ4n) is 5.44. The van der Waals surface area contributed by atoms with Crippen LogP contribution in [0.4, 0.5) is 4.39 Å². The van der Waals surface area contributed by atoms with Crippen molar-refractivity contribution in [3.63, 3.8) is 0 Å². The smallest absolute Gasteiger partial charge is 0.338 e. The summed E-state index contributed by atoms with van der Waals surface area (Å²) in [6.07, 6.45) is 1.74. The van der Waals surface area contributed by atoms with Gasteiger partial charge < -0.3 is 14.2 Å². The van der Waals surface area contributed by atoms with Crippen LogP contribution < -0.4 is 24.4 Å². The Bertz CT molecular complexity index is 2110. The molecule has 4 aromatic carbocycles. The molecule has 44 heavy (non-hydrogen) atoms. The fourth-order valence-corrected chi connectivity index (χ4v) is 6.48. The largest absolute Gasteiger partial charge is 0.496 e. The Hall–Kier alpha value is -5.02. The summed E-state index contributed by atoms with van der Waals surface area (Å²) >= 11 is 1.22. The normalized spacial score (nSPS) is 14.7. The number of para-hydroxylation sites is 1. The van der Waals surface area contributed by atoms with Gasteiger partial charge in [0.05, 0.1) is 29.5 Å². The molecule has 1 aliphatic rings. The van der Waals surface area contributed by atoms with Gasteiger partial charge in [-0.3, -0.25) is 9.36 Å². The quantitative estimate of drug-likeness (QED) is 0.212. The number of allylic oxidation sites excluding steroid dienone is 1. The number of thiazole rings is 1. The number of hydrogen-bond donors (Lipinski definition) is 0. The summed E-state index contributed by atoms with van der Waals surface area (Å²) in [4.78, 5) is 32.9. The van der Waals surface area contributed by atoms with Gasteiger partial charge in [0.15, 0.2) is 4.80 Å². The molecule has 6 rings (SSSR count). The van der Waals surface area contributed by atoms with Gasteiger partial charge in [0.1, 0.15) is 30.0 Å². The van der Waals surface area contributed by atoms with Gasteiger partial charge in [-0.15, -0.1) is 0 Å². The Morgan fingerprint density at radius 2 is 1.75 bits per heavy atom. The predicted octanol–water partition coefficient (Wildman–Crippen LogP) is 5.68. The lowest BCUT2D eigenvalue weighted by Crippen LogP contribution is -2.40. The molecule has 0 spiro atoms. The van der Waals surface area contributed by atoms with E-state index in [0.717, 1.165) is 10.8 Å². The van der Waals surface area contributed by atoms with Crippen LogP contribution in [0.1, 0.15) is 36.6 Å². The molecule has 2 heterocycles. The van der Waals surface area contributed by atoms with Gasteiger partial charge >= 0.3 is 5.97 Å². The summed E-state index contributed by atoms with van der Waals surface area (Å²) in [5, 5.41) is 1.78. The van der Waals surface area contributed by atoms with Crippen LogP contribution in [0.2, 0.25) is 0 Å². The number of rotatable bonds is 8. The first-order chi connectivity index (χ1) is 21.4. The van der Waals surface area contributed by atoms with Crippen LogP contribution in [0.5, 0.6) is 11.5 Å². The Morgan fingerprint density at radius 1 is 1.00 bits per heavy atom. The van der Waals surface area contributed by atoms with Gasteiger partial charge in [0.2, 0.25) is 0 Å². The SMILES string of the molecule is CCOC(=O)C1=C(C)N=c2s/c(=C\c3ccccc3OCc3ccccc3F)c(=O)n2C1c1c(OC)ccc2ccccc12. The van der Waals surface area contributed by atoms with E-state index < -0.39 is 12.0 Å². The van der Waals surface area contributed by atoms with E-state index in [9.17, 15) is 14.0 Å². The Morgan fingerprint density at radius 3 is 2.55 bits per heavy atom. The van der Waals surface area contributed by atoms with Gasteiger partial charge in [-0.25, -0.2) is 14.2 Å². The van der Waals surface area contributed by atoms with Gasteiger partial charge in [-0.2, -0.15) is 0 Å². The summed E-state index contributed by atoms with van der Waals surface area (Å²) in [6, 6.07) is 24.4. The molecule has 1 atom stereocenters. The highest BCUT2D eigenvalue weighted by Gasteiger charge is 2.36. The number of esters is 1. The van der Waals surface area contributed by atoms with E-state index in [2.05, 4.69) is 0 Å². The maximum Gasteiger partial charge on any atom is 0.338 e. The number of methoxy groups -OCH3 is 1. The molecule has 0 amide bonds. The van der Waals surface area contributed by atoms with Crippen molar-refractivity contribution in [2.24, 2.45) is 4.99 Å². The third-order valence-electron chi connectivity index (χ3n) is 7.49. The minimum absolute atomic E-state index is 0.0295. The van der Waals surface area contributed by atoms with Gasteiger partial charge in [-0.05, 0) is 48.9 Å². The monoisotopic (exact) mass is 608 g/mol. The lowest BCUT2D eigenvalue weighted by molar-refractivity contribution is -0.139. The van der Waals surface area contributed by atoms with Crippen LogP contribution in [0.25, 0.3) is 16.8 Å². The summed E-state index contributed by atoms with van der Waals surface area (Å²) in [5.74, 6) is 0.133. The lowest BCUT2D eigenvalue weighted by Gasteiger charge is -2.27. The second-order valence-electron chi connectivity index (χ2n) is 10.1. The van der Waals surface area contributed by atoms with Crippen molar-refractivity contribution in [1.82, 2.24) is 4.57 Å². The zero-order valence-corrected chi connectivity index (χ0v) is 25.2. The van der Waals surface area contributed by atoms with Crippen LogP contribution >= 0.6 is 11.3 Å². The highest BCUT2D eigenvalue weighted by Crippen LogP contribution is 2.40. The highest BCUT2D eigenvalue weighted by molar-refractivity contribution is 7.07. The minimum Gasteiger partial charge on any atom is -0.496 e. The number of benzene rings is 4. The van der Waals surface area contributed by atoms with Crippen molar-refractivity contribution in [2.75, 3.05) is 13.7 Å². The predicted molar refractivity (Wildman–Crippen MR) is 168 cm³/mol. The molecule has 0 aliphatic carbocycles. The third-order valence-corrected chi connectivity index (χ3v) is 8.47. The standard InChI is InChI=1S/C35H29FN2O5S/c1-4-42-34(40)30-21(2)37-35-38(32(30)31-25-14-8-5-11-22(25)17-18-28(31)41-3)33(39)29(44-35)19-23-12-7-10-16-27(23)43-20-24-13-6-9-15-26(24)36/h5-19,32H,4,20H2,1-3H3/b29-19-.